The number of hydrogen-bond donors (Lipinski definition) is 1. The number of ether oxygens (including phenoxy) is 1. The van der Waals surface area contributed by atoms with E-state index in [1.54, 1.807) is 10.9 Å². The zero-order chi connectivity index (χ0) is 20.3. The second-order valence-electron chi connectivity index (χ2n) is 6.41. The van der Waals surface area contributed by atoms with Crippen molar-refractivity contribution in [3.05, 3.63) is 63.7 Å². The molecule has 1 aromatic carbocycles. The monoisotopic (exact) mass is 384 g/mol. The standard InChI is InChI=1S/C18H20N6O4/c1-12-4-5-17(13(2)6-12)28-11-23-8-15(7-19-23)20-18(25)10-22-9-16(24(26)27)14(3)21-22/h4-9H,10-11H2,1-3H3,(H,20,25). The fraction of sp³-hybridized carbons (Fsp3) is 0.278. The van der Waals surface area contributed by atoms with Gasteiger partial charge in [-0.05, 0) is 32.4 Å². The Kier molecular flexibility index (Phi) is 5.39. The Balaban J connectivity index is 1.56. The second-order valence-corrected chi connectivity index (χ2v) is 6.41. The summed E-state index contributed by atoms with van der Waals surface area (Å²) in [5.41, 5.74) is 2.82. The largest absolute Gasteiger partial charge is 0.471 e. The topological polar surface area (TPSA) is 117 Å². The van der Waals surface area contributed by atoms with E-state index in [4.69, 9.17) is 4.74 Å². The number of nitrogens with one attached hydrogen (secondary N) is 1. The van der Waals surface area contributed by atoms with E-state index in [1.165, 1.54) is 24.0 Å². The number of benzene rings is 1. The van der Waals surface area contributed by atoms with E-state index in [0.717, 1.165) is 16.9 Å². The van der Waals surface area contributed by atoms with Gasteiger partial charge in [-0.25, -0.2) is 4.68 Å². The van der Waals surface area contributed by atoms with Gasteiger partial charge in [0.15, 0.2) is 6.73 Å². The average molecular weight is 384 g/mol. The molecule has 10 heteroatoms. The quantitative estimate of drug-likeness (QED) is 0.494. The van der Waals surface area contributed by atoms with Crippen molar-refractivity contribution in [3.8, 4) is 5.75 Å². The molecule has 2 heterocycles. The predicted molar refractivity (Wildman–Crippen MR) is 101 cm³/mol. The van der Waals surface area contributed by atoms with Crippen LogP contribution in [0.2, 0.25) is 0 Å². The van der Waals surface area contributed by atoms with Crippen molar-refractivity contribution in [2.24, 2.45) is 0 Å². The van der Waals surface area contributed by atoms with E-state index in [9.17, 15) is 14.9 Å². The third-order valence-electron chi connectivity index (χ3n) is 4.02. The molecule has 0 saturated heterocycles. The lowest BCUT2D eigenvalue weighted by Gasteiger charge is -2.09. The zero-order valence-corrected chi connectivity index (χ0v) is 15.7. The molecule has 0 saturated carbocycles. The van der Waals surface area contributed by atoms with E-state index in [0.29, 0.717) is 5.69 Å². The maximum absolute atomic E-state index is 12.1. The van der Waals surface area contributed by atoms with E-state index >= 15 is 0 Å². The molecule has 0 radical (unpaired) electrons. The molecule has 1 amide bonds. The van der Waals surface area contributed by atoms with Crippen molar-refractivity contribution in [2.45, 2.75) is 34.0 Å². The van der Waals surface area contributed by atoms with Crippen molar-refractivity contribution in [1.82, 2.24) is 19.6 Å². The number of carbonyl (C=O) groups excluding carboxylic acids is 1. The van der Waals surface area contributed by atoms with Crippen LogP contribution in [0.5, 0.6) is 5.75 Å². The summed E-state index contributed by atoms with van der Waals surface area (Å²) in [5.74, 6) is 0.398. The lowest BCUT2D eigenvalue weighted by atomic mass is 10.1. The van der Waals surface area contributed by atoms with Crippen LogP contribution >= 0.6 is 0 Å². The highest BCUT2D eigenvalue weighted by atomic mass is 16.6. The first-order valence-corrected chi connectivity index (χ1v) is 8.52. The summed E-state index contributed by atoms with van der Waals surface area (Å²) in [6.07, 6.45) is 4.37. The average Bonchev–Trinajstić information content (AvgIpc) is 3.20. The molecule has 0 aliphatic rings. The summed E-state index contributed by atoms with van der Waals surface area (Å²) >= 11 is 0. The summed E-state index contributed by atoms with van der Waals surface area (Å²) in [6.45, 7) is 5.57. The number of rotatable bonds is 7. The number of hydrogen-bond acceptors (Lipinski definition) is 6. The van der Waals surface area contributed by atoms with Crippen LogP contribution in [0, 0.1) is 30.9 Å². The van der Waals surface area contributed by atoms with Gasteiger partial charge in [0.2, 0.25) is 5.91 Å². The van der Waals surface area contributed by atoms with Crippen LogP contribution in [-0.4, -0.2) is 30.4 Å². The lowest BCUT2D eigenvalue weighted by molar-refractivity contribution is -0.385. The van der Waals surface area contributed by atoms with Crippen molar-refractivity contribution >= 4 is 17.3 Å². The van der Waals surface area contributed by atoms with Gasteiger partial charge < -0.3 is 10.1 Å². The highest BCUT2D eigenvalue weighted by molar-refractivity contribution is 5.90. The molecule has 0 unspecified atom stereocenters. The molecule has 0 bridgehead atoms. The lowest BCUT2D eigenvalue weighted by Crippen LogP contribution is -2.18. The molecule has 0 spiro atoms. The minimum absolute atomic E-state index is 0.121. The number of nitrogens with zero attached hydrogens (tertiary/aromatic N) is 5. The van der Waals surface area contributed by atoms with Crippen LogP contribution in [0.1, 0.15) is 16.8 Å². The number of aryl methyl sites for hydroxylation is 3. The molecule has 1 N–H and O–H groups in total. The maximum Gasteiger partial charge on any atom is 0.309 e. The fourth-order valence-electron chi connectivity index (χ4n) is 2.71. The summed E-state index contributed by atoms with van der Waals surface area (Å²) in [7, 11) is 0. The Morgan fingerprint density at radius 2 is 2.04 bits per heavy atom. The number of aromatic nitrogens is 4. The maximum atomic E-state index is 12.1. The Bertz CT molecular complexity index is 1020. The van der Waals surface area contributed by atoms with Gasteiger partial charge in [-0.1, -0.05) is 17.7 Å². The molecule has 2 aromatic heterocycles. The van der Waals surface area contributed by atoms with Crippen molar-refractivity contribution in [3.63, 3.8) is 0 Å². The summed E-state index contributed by atoms with van der Waals surface area (Å²) < 4.78 is 8.53. The first-order chi connectivity index (χ1) is 13.3. The molecule has 0 atom stereocenters. The molecule has 146 valence electrons. The molecule has 0 aliphatic carbocycles. The molecule has 3 aromatic rings. The first kappa shape index (κ1) is 19.1. The van der Waals surface area contributed by atoms with Crippen LogP contribution in [0.3, 0.4) is 0 Å². The van der Waals surface area contributed by atoms with Crippen LogP contribution in [0.25, 0.3) is 0 Å². The number of nitro groups is 1. The number of amides is 1. The van der Waals surface area contributed by atoms with Crippen LogP contribution in [0.15, 0.2) is 36.8 Å². The van der Waals surface area contributed by atoms with Crippen LogP contribution < -0.4 is 10.1 Å². The minimum atomic E-state index is -0.531. The predicted octanol–water partition coefficient (Wildman–Crippen LogP) is 2.59. The fourth-order valence-corrected chi connectivity index (χ4v) is 2.71. The van der Waals surface area contributed by atoms with Gasteiger partial charge >= 0.3 is 5.69 Å². The second kappa shape index (κ2) is 7.91. The van der Waals surface area contributed by atoms with E-state index in [2.05, 4.69) is 15.5 Å². The molecule has 10 nitrogen and oxygen atoms in total. The third-order valence-corrected chi connectivity index (χ3v) is 4.02. The third kappa shape index (κ3) is 4.53. The van der Waals surface area contributed by atoms with E-state index in [-0.39, 0.29) is 30.6 Å². The van der Waals surface area contributed by atoms with Gasteiger partial charge in [0, 0.05) is 0 Å². The molecule has 3 rings (SSSR count). The van der Waals surface area contributed by atoms with Crippen molar-refractivity contribution in [2.75, 3.05) is 5.32 Å². The highest BCUT2D eigenvalue weighted by Gasteiger charge is 2.17. The number of carbonyl (C=O) groups is 1. The molecule has 0 fully saturated rings. The minimum Gasteiger partial charge on any atom is -0.471 e. The first-order valence-electron chi connectivity index (χ1n) is 8.52. The van der Waals surface area contributed by atoms with Crippen LogP contribution in [-0.2, 0) is 18.1 Å². The van der Waals surface area contributed by atoms with E-state index < -0.39 is 4.92 Å². The highest BCUT2D eigenvalue weighted by Crippen LogP contribution is 2.19. The summed E-state index contributed by atoms with van der Waals surface area (Å²) in [4.78, 5) is 22.4. The van der Waals surface area contributed by atoms with Crippen molar-refractivity contribution in [1.29, 1.82) is 0 Å². The summed E-state index contributed by atoms with van der Waals surface area (Å²) in [6, 6.07) is 5.91. The van der Waals surface area contributed by atoms with Crippen molar-refractivity contribution < 1.29 is 14.5 Å². The molecular weight excluding hydrogens is 364 g/mol. The van der Waals surface area contributed by atoms with Gasteiger partial charge in [-0.3, -0.25) is 19.6 Å². The Hall–Kier alpha value is -3.69. The molecule has 28 heavy (non-hydrogen) atoms. The van der Waals surface area contributed by atoms with Gasteiger partial charge in [0.1, 0.15) is 24.2 Å². The van der Waals surface area contributed by atoms with Gasteiger partial charge in [-0.15, -0.1) is 0 Å². The number of anilines is 1. The van der Waals surface area contributed by atoms with Gasteiger partial charge in [0.25, 0.3) is 0 Å². The molecular formula is C18H20N6O4. The molecule has 0 aliphatic heterocycles. The van der Waals surface area contributed by atoms with Gasteiger partial charge in [0.05, 0.1) is 23.0 Å². The van der Waals surface area contributed by atoms with Gasteiger partial charge in [-0.2, -0.15) is 10.2 Å². The Morgan fingerprint density at radius 3 is 2.71 bits per heavy atom. The van der Waals surface area contributed by atoms with E-state index in [1.807, 2.05) is 32.0 Å². The van der Waals surface area contributed by atoms with Crippen LogP contribution in [0.4, 0.5) is 11.4 Å². The Morgan fingerprint density at radius 1 is 1.25 bits per heavy atom. The normalized spacial score (nSPS) is 10.7. The summed E-state index contributed by atoms with van der Waals surface area (Å²) in [5, 5.41) is 21.6. The SMILES string of the molecule is Cc1ccc(OCn2cc(NC(=O)Cn3cc([N+](=O)[O-])c(C)n3)cn2)c(C)c1. The Labute approximate surface area is 160 Å². The zero-order valence-electron chi connectivity index (χ0n) is 15.7. The smallest absolute Gasteiger partial charge is 0.309 e.